The Labute approximate surface area is 118 Å². The van der Waals surface area contributed by atoms with Crippen molar-refractivity contribution < 1.29 is 14.0 Å². The van der Waals surface area contributed by atoms with Gasteiger partial charge in [-0.25, -0.2) is 4.39 Å². The van der Waals surface area contributed by atoms with Crippen molar-refractivity contribution in [1.82, 2.24) is 9.80 Å². The molecule has 108 valence electrons. The first kappa shape index (κ1) is 14.7. The van der Waals surface area contributed by atoms with Crippen LogP contribution in [0, 0.1) is 5.82 Å². The summed E-state index contributed by atoms with van der Waals surface area (Å²) in [4.78, 5) is 26.9. The van der Waals surface area contributed by atoms with Gasteiger partial charge in [-0.15, -0.1) is 0 Å². The summed E-state index contributed by atoms with van der Waals surface area (Å²) in [7, 11) is 0. The summed E-state index contributed by atoms with van der Waals surface area (Å²) in [5, 5.41) is 0. The molecule has 1 aromatic rings. The smallest absolute Gasteiger partial charge is 0.219 e. The molecular formula is C15H19FN2O2. The minimum atomic E-state index is -0.565. The molecule has 0 spiro atoms. The van der Waals surface area contributed by atoms with Crippen LogP contribution in [0.5, 0.6) is 0 Å². The number of benzene rings is 1. The van der Waals surface area contributed by atoms with Crippen LogP contribution in [0.3, 0.4) is 0 Å². The lowest BCUT2D eigenvalue weighted by Gasteiger charge is -2.38. The van der Waals surface area contributed by atoms with E-state index in [9.17, 15) is 14.0 Å². The molecule has 1 atom stereocenters. The Morgan fingerprint density at radius 2 is 1.70 bits per heavy atom. The third-order valence-corrected chi connectivity index (χ3v) is 3.71. The summed E-state index contributed by atoms with van der Waals surface area (Å²) in [6, 6.07) is 5.81. The predicted octanol–water partition coefficient (Wildman–Crippen LogP) is 1.62. The normalized spacial score (nSPS) is 17.9. The topological polar surface area (TPSA) is 40.6 Å². The predicted molar refractivity (Wildman–Crippen MR) is 73.6 cm³/mol. The lowest BCUT2D eigenvalue weighted by atomic mass is 10.0. The standard InChI is InChI=1S/C15H19FN2O2/c1-11(19)15(13-5-3-4-6-14(13)16)18-9-7-17(8-10-18)12(2)20/h3-6,15H,7-10H2,1-2H3. The summed E-state index contributed by atoms with van der Waals surface area (Å²) < 4.78 is 13.9. The van der Waals surface area contributed by atoms with Crippen molar-refractivity contribution in [3.8, 4) is 0 Å². The van der Waals surface area contributed by atoms with Gasteiger partial charge in [0, 0.05) is 38.7 Å². The van der Waals surface area contributed by atoms with Crippen LogP contribution in [0.4, 0.5) is 4.39 Å². The Morgan fingerprint density at radius 3 is 2.20 bits per heavy atom. The molecule has 1 aliphatic rings. The fourth-order valence-corrected chi connectivity index (χ4v) is 2.66. The van der Waals surface area contributed by atoms with E-state index in [1.807, 2.05) is 4.90 Å². The van der Waals surface area contributed by atoms with Crippen molar-refractivity contribution in [3.05, 3.63) is 35.6 Å². The summed E-state index contributed by atoms with van der Waals surface area (Å²) in [5.74, 6) is -0.400. The first-order valence-electron chi connectivity index (χ1n) is 6.75. The second kappa shape index (κ2) is 6.13. The summed E-state index contributed by atoms with van der Waals surface area (Å²) in [5.41, 5.74) is 0.413. The van der Waals surface area contributed by atoms with E-state index in [0.29, 0.717) is 31.7 Å². The van der Waals surface area contributed by atoms with E-state index in [1.165, 1.54) is 19.9 Å². The molecule has 1 heterocycles. The third kappa shape index (κ3) is 3.04. The number of halogens is 1. The number of ketones is 1. The molecule has 2 rings (SSSR count). The number of carbonyl (C=O) groups excluding carboxylic acids is 2. The molecule has 0 aliphatic carbocycles. The Bertz CT molecular complexity index is 510. The second-order valence-corrected chi connectivity index (χ2v) is 5.08. The number of Topliss-reactive ketones (excluding diaryl/α,β-unsaturated/α-hetero) is 1. The average molecular weight is 278 g/mol. The van der Waals surface area contributed by atoms with Gasteiger partial charge in [-0.3, -0.25) is 14.5 Å². The molecule has 1 aliphatic heterocycles. The maximum Gasteiger partial charge on any atom is 0.219 e. The van der Waals surface area contributed by atoms with E-state index in [1.54, 1.807) is 23.1 Å². The van der Waals surface area contributed by atoms with Crippen molar-refractivity contribution in [3.63, 3.8) is 0 Å². The fourth-order valence-electron chi connectivity index (χ4n) is 2.66. The zero-order valence-electron chi connectivity index (χ0n) is 11.8. The summed E-state index contributed by atoms with van der Waals surface area (Å²) >= 11 is 0. The molecule has 20 heavy (non-hydrogen) atoms. The molecule has 1 fully saturated rings. The minimum absolute atomic E-state index is 0.0370. The van der Waals surface area contributed by atoms with Crippen LogP contribution in [-0.2, 0) is 9.59 Å². The Morgan fingerprint density at radius 1 is 1.10 bits per heavy atom. The molecule has 0 saturated carbocycles. The number of carbonyl (C=O) groups is 2. The molecular weight excluding hydrogens is 259 g/mol. The van der Waals surface area contributed by atoms with Gasteiger partial charge in [0.05, 0.1) is 6.04 Å². The van der Waals surface area contributed by atoms with Gasteiger partial charge >= 0.3 is 0 Å². The number of rotatable bonds is 3. The highest BCUT2D eigenvalue weighted by Crippen LogP contribution is 2.25. The van der Waals surface area contributed by atoms with Crippen molar-refractivity contribution in [1.29, 1.82) is 0 Å². The van der Waals surface area contributed by atoms with Crippen LogP contribution < -0.4 is 0 Å². The number of nitrogens with zero attached hydrogens (tertiary/aromatic N) is 2. The molecule has 0 bridgehead atoms. The molecule has 4 nitrogen and oxygen atoms in total. The lowest BCUT2D eigenvalue weighted by molar-refractivity contribution is -0.131. The molecule has 0 aromatic heterocycles. The van der Waals surface area contributed by atoms with Gasteiger partial charge in [-0.1, -0.05) is 18.2 Å². The number of piperazine rings is 1. The molecule has 1 saturated heterocycles. The van der Waals surface area contributed by atoms with E-state index in [4.69, 9.17) is 0 Å². The van der Waals surface area contributed by atoms with Crippen molar-refractivity contribution in [2.45, 2.75) is 19.9 Å². The van der Waals surface area contributed by atoms with Gasteiger partial charge in [0.2, 0.25) is 5.91 Å². The van der Waals surface area contributed by atoms with Crippen LogP contribution in [0.2, 0.25) is 0 Å². The van der Waals surface area contributed by atoms with Crippen LogP contribution in [-0.4, -0.2) is 47.7 Å². The van der Waals surface area contributed by atoms with Gasteiger partial charge in [0.15, 0.2) is 5.78 Å². The van der Waals surface area contributed by atoms with Crippen LogP contribution in [0.1, 0.15) is 25.5 Å². The molecule has 1 aromatic carbocycles. The highest BCUT2D eigenvalue weighted by molar-refractivity contribution is 5.83. The monoisotopic (exact) mass is 278 g/mol. The van der Waals surface area contributed by atoms with Gasteiger partial charge < -0.3 is 4.90 Å². The Kier molecular flexibility index (Phi) is 4.49. The zero-order chi connectivity index (χ0) is 14.7. The van der Waals surface area contributed by atoms with E-state index in [2.05, 4.69) is 0 Å². The van der Waals surface area contributed by atoms with Crippen molar-refractivity contribution >= 4 is 11.7 Å². The van der Waals surface area contributed by atoms with E-state index in [-0.39, 0.29) is 17.5 Å². The zero-order valence-corrected chi connectivity index (χ0v) is 11.8. The van der Waals surface area contributed by atoms with Crippen molar-refractivity contribution in [2.24, 2.45) is 0 Å². The summed E-state index contributed by atoms with van der Waals surface area (Å²) in [6.07, 6.45) is 0. The SMILES string of the molecule is CC(=O)C(c1ccccc1F)N1CCN(C(C)=O)CC1. The quantitative estimate of drug-likeness (QED) is 0.843. The molecule has 1 amide bonds. The highest BCUT2D eigenvalue weighted by Gasteiger charge is 2.30. The largest absolute Gasteiger partial charge is 0.340 e. The number of amides is 1. The van der Waals surface area contributed by atoms with E-state index >= 15 is 0 Å². The van der Waals surface area contributed by atoms with E-state index in [0.717, 1.165) is 0 Å². The lowest BCUT2D eigenvalue weighted by Crippen LogP contribution is -2.50. The van der Waals surface area contributed by atoms with Gasteiger partial charge in [0.25, 0.3) is 0 Å². The molecule has 0 radical (unpaired) electrons. The first-order valence-corrected chi connectivity index (χ1v) is 6.75. The van der Waals surface area contributed by atoms with Crippen LogP contribution in [0.15, 0.2) is 24.3 Å². The average Bonchev–Trinajstić information content (AvgIpc) is 2.41. The maximum absolute atomic E-state index is 13.9. The van der Waals surface area contributed by atoms with Crippen LogP contribution in [0.25, 0.3) is 0 Å². The van der Waals surface area contributed by atoms with Crippen molar-refractivity contribution in [2.75, 3.05) is 26.2 Å². The van der Waals surface area contributed by atoms with Crippen LogP contribution >= 0.6 is 0 Å². The minimum Gasteiger partial charge on any atom is -0.340 e. The van der Waals surface area contributed by atoms with E-state index < -0.39 is 6.04 Å². The Balaban J connectivity index is 2.18. The maximum atomic E-state index is 13.9. The van der Waals surface area contributed by atoms with Gasteiger partial charge in [-0.2, -0.15) is 0 Å². The number of hydrogen-bond acceptors (Lipinski definition) is 3. The fraction of sp³-hybridized carbons (Fsp3) is 0.467. The summed E-state index contributed by atoms with van der Waals surface area (Å²) in [6.45, 7) is 5.33. The van der Waals surface area contributed by atoms with Gasteiger partial charge in [-0.05, 0) is 13.0 Å². The molecule has 0 N–H and O–H groups in total. The molecule has 1 unspecified atom stereocenters. The molecule has 5 heteroatoms. The number of hydrogen-bond donors (Lipinski definition) is 0. The Hall–Kier alpha value is -1.75. The third-order valence-electron chi connectivity index (χ3n) is 3.71. The van der Waals surface area contributed by atoms with Gasteiger partial charge in [0.1, 0.15) is 5.82 Å². The highest BCUT2D eigenvalue weighted by atomic mass is 19.1. The second-order valence-electron chi connectivity index (χ2n) is 5.08. The first-order chi connectivity index (χ1) is 9.50.